The molecule has 0 fully saturated rings. The number of aromatic nitrogens is 1. The second-order valence-corrected chi connectivity index (χ2v) is 6.99. The molecule has 136 valence electrons. The standard InChI is InChI=1S/C22H19Cl2N3/c1-14-10-11-21(15(2)26-13-16-6-3-4-9-20(16)25)27-22(14)12-17-18(23)7-5-8-19(17)24/h3-11,13H,2,12,25H2,1H3. The average Bonchev–Trinajstić information content (AvgIpc) is 2.65. The zero-order valence-corrected chi connectivity index (χ0v) is 16.4. The van der Waals surface area contributed by atoms with Crippen molar-refractivity contribution in [1.82, 2.24) is 4.98 Å². The summed E-state index contributed by atoms with van der Waals surface area (Å²) in [4.78, 5) is 9.15. The molecule has 2 aromatic carbocycles. The first kappa shape index (κ1) is 19.2. The predicted octanol–water partition coefficient (Wildman–Crippen LogP) is 5.96. The molecule has 0 aliphatic carbocycles. The minimum absolute atomic E-state index is 0.542. The van der Waals surface area contributed by atoms with Crippen molar-refractivity contribution in [2.75, 3.05) is 5.73 Å². The largest absolute Gasteiger partial charge is 0.398 e. The zero-order valence-electron chi connectivity index (χ0n) is 14.9. The normalized spacial score (nSPS) is 11.1. The molecule has 0 amide bonds. The highest BCUT2D eigenvalue weighted by atomic mass is 35.5. The summed E-state index contributed by atoms with van der Waals surface area (Å²) < 4.78 is 0. The average molecular weight is 396 g/mol. The summed E-state index contributed by atoms with van der Waals surface area (Å²) in [7, 11) is 0. The second kappa shape index (κ2) is 8.38. The molecule has 27 heavy (non-hydrogen) atoms. The van der Waals surface area contributed by atoms with Crippen molar-refractivity contribution < 1.29 is 0 Å². The smallest absolute Gasteiger partial charge is 0.0883 e. The molecule has 3 nitrogen and oxygen atoms in total. The third kappa shape index (κ3) is 4.57. The Hall–Kier alpha value is -2.62. The first-order chi connectivity index (χ1) is 13.0. The van der Waals surface area contributed by atoms with Gasteiger partial charge in [0.15, 0.2) is 0 Å². The number of halogens is 2. The van der Waals surface area contributed by atoms with E-state index in [9.17, 15) is 0 Å². The fraction of sp³-hybridized carbons (Fsp3) is 0.0909. The molecule has 0 spiro atoms. The quantitative estimate of drug-likeness (QED) is 0.427. The third-order valence-corrected chi connectivity index (χ3v) is 4.97. The van der Waals surface area contributed by atoms with Gasteiger partial charge in [0, 0.05) is 39.6 Å². The highest BCUT2D eigenvalue weighted by Gasteiger charge is 2.11. The van der Waals surface area contributed by atoms with Crippen molar-refractivity contribution >= 4 is 40.8 Å². The van der Waals surface area contributed by atoms with Crippen LogP contribution in [0.3, 0.4) is 0 Å². The summed E-state index contributed by atoms with van der Waals surface area (Å²) in [5, 5.41) is 1.26. The topological polar surface area (TPSA) is 51.3 Å². The van der Waals surface area contributed by atoms with Gasteiger partial charge in [-0.25, -0.2) is 0 Å². The van der Waals surface area contributed by atoms with Crippen molar-refractivity contribution in [3.05, 3.63) is 99.3 Å². The van der Waals surface area contributed by atoms with Crippen molar-refractivity contribution in [2.24, 2.45) is 4.99 Å². The number of rotatable bonds is 5. The molecule has 1 heterocycles. The minimum atomic E-state index is 0.542. The van der Waals surface area contributed by atoms with Crippen molar-refractivity contribution in [3.63, 3.8) is 0 Å². The Balaban J connectivity index is 1.87. The molecule has 1 aromatic heterocycles. The number of nitrogen functional groups attached to an aromatic ring is 1. The molecule has 2 N–H and O–H groups in total. The summed E-state index contributed by atoms with van der Waals surface area (Å²) in [6.45, 7) is 6.04. The molecule has 3 rings (SSSR count). The van der Waals surface area contributed by atoms with Crippen LogP contribution < -0.4 is 5.73 Å². The Morgan fingerprint density at radius 1 is 1.07 bits per heavy atom. The highest BCUT2D eigenvalue weighted by molar-refractivity contribution is 6.36. The number of anilines is 1. The van der Waals surface area contributed by atoms with Gasteiger partial charge in [-0.3, -0.25) is 9.98 Å². The van der Waals surface area contributed by atoms with Crippen LogP contribution in [0.15, 0.2) is 66.2 Å². The lowest BCUT2D eigenvalue weighted by Crippen LogP contribution is -2.00. The number of hydrogen-bond acceptors (Lipinski definition) is 3. The summed E-state index contributed by atoms with van der Waals surface area (Å²) >= 11 is 12.6. The molecule has 0 aliphatic rings. The van der Waals surface area contributed by atoms with E-state index in [1.54, 1.807) is 6.21 Å². The Bertz CT molecular complexity index is 1010. The van der Waals surface area contributed by atoms with Gasteiger partial charge in [0.1, 0.15) is 0 Å². The van der Waals surface area contributed by atoms with Crippen molar-refractivity contribution in [2.45, 2.75) is 13.3 Å². The number of pyridine rings is 1. The van der Waals surface area contributed by atoms with Gasteiger partial charge in [0.25, 0.3) is 0 Å². The van der Waals surface area contributed by atoms with E-state index in [0.717, 1.165) is 22.4 Å². The van der Waals surface area contributed by atoms with Gasteiger partial charge in [0.2, 0.25) is 0 Å². The maximum Gasteiger partial charge on any atom is 0.0883 e. The van der Waals surface area contributed by atoms with Gasteiger partial charge in [0.05, 0.1) is 11.4 Å². The first-order valence-corrected chi connectivity index (χ1v) is 9.18. The van der Waals surface area contributed by atoms with Gasteiger partial charge < -0.3 is 5.73 Å². The molecule has 0 aliphatic heterocycles. The van der Waals surface area contributed by atoms with E-state index >= 15 is 0 Å². The molecule has 0 radical (unpaired) electrons. The SMILES string of the molecule is C=C(N=Cc1ccccc1N)c1ccc(C)c(Cc2c(Cl)cccc2Cl)n1. The van der Waals surface area contributed by atoms with Gasteiger partial charge in [-0.2, -0.15) is 0 Å². The van der Waals surface area contributed by atoms with E-state index in [-0.39, 0.29) is 0 Å². The zero-order chi connectivity index (χ0) is 19.4. The van der Waals surface area contributed by atoms with Gasteiger partial charge in [-0.1, -0.05) is 60.1 Å². The molecule has 3 aromatic rings. The van der Waals surface area contributed by atoms with Gasteiger partial charge in [-0.05, 0) is 42.3 Å². The van der Waals surface area contributed by atoms with E-state index in [2.05, 4.69) is 11.6 Å². The van der Waals surface area contributed by atoms with E-state index in [1.165, 1.54) is 0 Å². The number of nitrogens with zero attached hydrogens (tertiary/aromatic N) is 2. The van der Waals surface area contributed by atoms with Crippen LogP contribution >= 0.6 is 23.2 Å². The van der Waals surface area contributed by atoms with Crippen LogP contribution in [0.4, 0.5) is 5.69 Å². The number of hydrogen-bond donors (Lipinski definition) is 1. The fourth-order valence-corrected chi connectivity index (χ4v) is 3.15. The maximum absolute atomic E-state index is 6.30. The maximum atomic E-state index is 6.30. The first-order valence-electron chi connectivity index (χ1n) is 8.43. The van der Waals surface area contributed by atoms with E-state index in [0.29, 0.717) is 33.5 Å². The van der Waals surface area contributed by atoms with E-state index < -0.39 is 0 Å². The molecule has 0 saturated heterocycles. The summed E-state index contributed by atoms with van der Waals surface area (Å²) in [5.74, 6) is 0. The van der Waals surface area contributed by atoms with Crippen molar-refractivity contribution in [1.29, 1.82) is 0 Å². The Morgan fingerprint density at radius 3 is 2.48 bits per heavy atom. The molecule has 0 unspecified atom stereocenters. The molecule has 0 atom stereocenters. The summed E-state index contributed by atoms with van der Waals surface area (Å²) in [6.07, 6.45) is 2.24. The van der Waals surface area contributed by atoms with E-state index in [4.69, 9.17) is 33.9 Å². The lowest BCUT2D eigenvalue weighted by atomic mass is 10.0. The highest BCUT2D eigenvalue weighted by Crippen LogP contribution is 2.27. The molecular formula is C22H19Cl2N3. The number of nitrogens with two attached hydrogens (primary N) is 1. The van der Waals surface area contributed by atoms with Crippen LogP contribution in [0, 0.1) is 6.92 Å². The fourth-order valence-electron chi connectivity index (χ4n) is 2.62. The molecule has 5 heteroatoms. The predicted molar refractivity (Wildman–Crippen MR) is 116 cm³/mol. The Labute approximate surface area is 169 Å². The van der Waals surface area contributed by atoms with Crippen LogP contribution in [-0.2, 0) is 6.42 Å². The van der Waals surface area contributed by atoms with Crippen LogP contribution in [0.2, 0.25) is 10.0 Å². The number of aliphatic imine (C=N–C) groups is 1. The van der Waals surface area contributed by atoms with Gasteiger partial charge >= 0.3 is 0 Å². The molecule has 0 bridgehead atoms. The lowest BCUT2D eigenvalue weighted by Gasteiger charge is -2.11. The van der Waals surface area contributed by atoms with Crippen LogP contribution in [-0.4, -0.2) is 11.2 Å². The minimum Gasteiger partial charge on any atom is -0.398 e. The van der Waals surface area contributed by atoms with Gasteiger partial charge in [-0.15, -0.1) is 0 Å². The summed E-state index contributed by atoms with van der Waals surface area (Å²) in [6, 6.07) is 16.9. The molecular weight excluding hydrogens is 377 g/mol. The van der Waals surface area contributed by atoms with E-state index in [1.807, 2.05) is 61.5 Å². The number of para-hydroxylation sites is 1. The lowest BCUT2D eigenvalue weighted by molar-refractivity contribution is 1.03. The monoisotopic (exact) mass is 395 g/mol. The number of aryl methyl sites for hydroxylation is 1. The second-order valence-electron chi connectivity index (χ2n) is 6.17. The summed E-state index contributed by atoms with van der Waals surface area (Å²) in [5.41, 5.74) is 11.5. The van der Waals surface area contributed by atoms with Crippen LogP contribution in [0.5, 0.6) is 0 Å². The Kier molecular flexibility index (Phi) is 5.94. The van der Waals surface area contributed by atoms with Crippen LogP contribution in [0.25, 0.3) is 5.70 Å². The van der Waals surface area contributed by atoms with Crippen molar-refractivity contribution in [3.8, 4) is 0 Å². The van der Waals surface area contributed by atoms with Crippen LogP contribution in [0.1, 0.15) is 28.1 Å². The Morgan fingerprint density at radius 2 is 1.78 bits per heavy atom. The number of benzene rings is 2. The molecule has 0 saturated carbocycles. The third-order valence-electron chi connectivity index (χ3n) is 4.26.